The van der Waals surface area contributed by atoms with E-state index in [9.17, 15) is 9.59 Å². The molecule has 0 radical (unpaired) electrons. The standard InChI is InChI=1S/C29H33N3O2/c1-23-8-7-9-25(20-23)22-32(29(34)26-10-3-2-4-11-26)27-14-12-24(13-15-27)21-28(33)30-16-19-31-17-5-6-18-31/h2-4,7-15,20H,5-6,16-19,21-22H2,1H3,(H,30,33). The zero-order valence-electron chi connectivity index (χ0n) is 19.9. The fourth-order valence-corrected chi connectivity index (χ4v) is 4.41. The number of carbonyl (C=O) groups excluding carboxylic acids is 2. The van der Waals surface area contributed by atoms with E-state index in [1.165, 1.54) is 12.8 Å². The highest BCUT2D eigenvalue weighted by Crippen LogP contribution is 2.22. The molecule has 5 heteroatoms. The lowest BCUT2D eigenvalue weighted by Gasteiger charge is -2.24. The zero-order chi connectivity index (χ0) is 23.8. The first-order valence-corrected chi connectivity index (χ1v) is 12.1. The first-order chi connectivity index (χ1) is 16.6. The third-order valence-corrected chi connectivity index (χ3v) is 6.25. The average Bonchev–Trinajstić information content (AvgIpc) is 3.37. The van der Waals surface area contributed by atoms with E-state index in [1.807, 2.05) is 66.7 Å². The van der Waals surface area contributed by atoms with Crippen LogP contribution >= 0.6 is 0 Å². The zero-order valence-corrected chi connectivity index (χ0v) is 19.9. The molecule has 0 aromatic heterocycles. The van der Waals surface area contributed by atoms with E-state index in [0.717, 1.165) is 42.0 Å². The number of nitrogens with one attached hydrogen (secondary N) is 1. The largest absolute Gasteiger partial charge is 0.355 e. The number of anilines is 1. The molecule has 1 saturated heterocycles. The number of nitrogens with zero attached hydrogens (tertiary/aromatic N) is 2. The fourth-order valence-electron chi connectivity index (χ4n) is 4.41. The van der Waals surface area contributed by atoms with Gasteiger partial charge in [-0.3, -0.25) is 9.59 Å². The number of rotatable bonds is 9. The molecule has 1 fully saturated rings. The maximum Gasteiger partial charge on any atom is 0.258 e. The molecule has 5 nitrogen and oxygen atoms in total. The summed E-state index contributed by atoms with van der Waals surface area (Å²) in [7, 11) is 0. The van der Waals surface area contributed by atoms with Crippen LogP contribution in [0, 0.1) is 6.92 Å². The maximum atomic E-state index is 13.4. The van der Waals surface area contributed by atoms with Crippen molar-refractivity contribution in [2.45, 2.75) is 32.7 Å². The van der Waals surface area contributed by atoms with Crippen molar-refractivity contribution in [3.8, 4) is 0 Å². The van der Waals surface area contributed by atoms with E-state index < -0.39 is 0 Å². The van der Waals surface area contributed by atoms with E-state index in [-0.39, 0.29) is 11.8 Å². The van der Waals surface area contributed by atoms with Crippen molar-refractivity contribution in [1.82, 2.24) is 10.2 Å². The molecule has 176 valence electrons. The van der Waals surface area contributed by atoms with Gasteiger partial charge in [0.05, 0.1) is 13.0 Å². The molecule has 3 aromatic rings. The Morgan fingerprint density at radius 3 is 2.32 bits per heavy atom. The molecule has 3 aromatic carbocycles. The van der Waals surface area contributed by atoms with Crippen molar-refractivity contribution < 1.29 is 9.59 Å². The second kappa shape index (κ2) is 11.6. The fraction of sp³-hybridized carbons (Fsp3) is 0.310. The molecular formula is C29H33N3O2. The third-order valence-electron chi connectivity index (χ3n) is 6.25. The Bertz CT molecular complexity index is 1090. The van der Waals surface area contributed by atoms with Crippen molar-refractivity contribution in [2.75, 3.05) is 31.1 Å². The molecule has 2 amide bonds. The minimum Gasteiger partial charge on any atom is -0.355 e. The summed E-state index contributed by atoms with van der Waals surface area (Å²) in [6.45, 7) is 6.41. The van der Waals surface area contributed by atoms with Gasteiger partial charge in [-0.15, -0.1) is 0 Å². The van der Waals surface area contributed by atoms with Crippen molar-refractivity contribution in [2.24, 2.45) is 0 Å². The van der Waals surface area contributed by atoms with Gasteiger partial charge in [0.2, 0.25) is 5.91 Å². The normalized spacial score (nSPS) is 13.6. The van der Waals surface area contributed by atoms with Gasteiger partial charge in [-0.25, -0.2) is 0 Å². The molecule has 34 heavy (non-hydrogen) atoms. The van der Waals surface area contributed by atoms with Crippen LogP contribution in [0.3, 0.4) is 0 Å². The van der Waals surface area contributed by atoms with Crippen LogP contribution in [-0.4, -0.2) is 42.9 Å². The molecule has 1 N–H and O–H groups in total. The first kappa shape index (κ1) is 23.7. The molecule has 0 saturated carbocycles. The molecule has 0 aliphatic carbocycles. The van der Waals surface area contributed by atoms with E-state index >= 15 is 0 Å². The van der Waals surface area contributed by atoms with Crippen LogP contribution in [0.25, 0.3) is 0 Å². The summed E-state index contributed by atoms with van der Waals surface area (Å²) in [5.74, 6) is -0.0153. The number of aryl methyl sites for hydroxylation is 1. The van der Waals surface area contributed by atoms with Gasteiger partial charge in [-0.05, 0) is 68.2 Å². The predicted molar refractivity (Wildman–Crippen MR) is 137 cm³/mol. The second-order valence-corrected chi connectivity index (χ2v) is 8.99. The van der Waals surface area contributed by atoms with Crippen LogP contribution in [0.5, 0.6) is 0 Å². The van der Waals surface area contributed by atoms with Crippen LogP contribution in [0.2, 0.25) is 0 Å². The topological polar surface area (TPSA) is 52.7 Å². The molecule has 1 aliphatic rings. The van der Waals surface area contributed by atoms with Crippen molar-refractivity contribution in [3.63, 3.8) is 0 Å². The monoisotopic (exact) mass is 455 g/mol. The number of amides is 2. The van der Waals surface area contributed by atoms with Crippen LogP contribution < -0.4 is 10.2 Å². The van der Waals surface area contributed by atoms with Gasteiger partial charge in [0, 0.05) is 24.3 Å². The molecule has 0 atom stereocenters. The van der Waals surface area contributed by atoms with Crippen molar-refractivity contribution >= 4 is 17.5 Å². The van der Waals surface area contributed by atoms with Gasteiger partial charge in [-0.2, -0.15) is 0 Å². The Kier molecular flexibility index (Phi) is 8.10. The Labute approximate surface area is 202 Å². The second-order valence-electron chi connectivity index (χ2n) is 8.99. The molecule has 0 bridgehead atoms. The van der Waals surface area contributed by atoms with E-state index in [2.05, 4.69) is 29.3 Å². The summed E-state index contributed by atoms with van der Waals surface area (Å²) >= 11 is 0. The minimum atomic E-state index is -0.0467. The Morgan fingerprint density at radius 1 is 0.882 bits per heavy atom. The lowest BCUT2D eigenvalue weighted by atomic mass is 10.1. The van der Waals surface area contributed by atoms with Crippen molar-refractivity contribution in [3.05, 3.63) is 101 Å². The number of likely N-dealkylation sites (tertiary alicyclic amines) is 1. The lowest BCUT2D eigenvalue weighted by Crippen LogP contribution is -2.34. The highest BCUT2D eigenvalue weighted by molar-refractivity contribution is 6.06. The van der Waals surface area contributed by atoms with Crippen LogP contribution in [0.15, 0.2) is 78.9 Å². The Hall–Kier alpha value is -3.44. The first-order valence-electron chi connectivity index (χ1n) is 12.1. The van der Waals surface area contributed by atoms with Gasteiger partial charge in [-0.1, -0.05) is 60.2 Å². The van der Waals surface area contributed by atoms with Crippen molar-refractivity contribution in [1.29, 1.82) is 0 Å². The number of hydrogen-bond donors (Lipinski definition) is 1. The van der Waals surface area contributed by atoms with Gasteiger partial charge < -0.3 is 15.1 Å². The van der Waals surface area contributed by atoms with E-state index in [0.29, 0.717) is 25.1 Å². The number of carbonyl (C=O) groups is 2. The predicted octanol–water partition coefficient (Wildman–Crippen LogP) is 4.60. The van der Waals surface area contributed by atoms with Crippen LogP contribution in [0.4, 0.5) is 5.69 Å². The SMILES string of the molecule is Cc1cccc(CN(C(=O)c2ccccc2)c2ccc(CC(=O)NCCN3CCCC3)cc2)c1. The summed E-state index contributed by atoms with van der Waals surface area (Å²) in [6.07, 6.45) is 2.85. The van der Waals surface area contributed by atoms with Gasteiger partial charge in [0.1, 0.15) is 0 Å². The highest BCUT2D eigenvalue weighted by atomic mass is 16.2. The average molecular weight is 456 g/mol. The minimum absolute atomic E-state index is 0.0314. The van der Waals surface area contributed by atoms with E-state index in [4.69, 9.17) is 0 Å². The summed E-state index contributed by atoms with van der Waals surface area (Å²) in [4.78, 5) is 29.9. The quantitative estimate of drug-likeness (QED) is 0.513. The number of benzene rings is 3. The lowest BCUT2D eigenvalue weighted by molar-refractivity contribution is -0.120. The summed E-state index contributed by atoms with van der Waals surface area (Å²) < 4.78 is 0. The molecule has 1 aliphatic heterocycles. The summed E-state index contributed by atoms with van der Waals surface area (Å²) in [6, 6.07) is 25.3. The van der Waals surface area contributed by atoms with Crippen LogP contribution in [-0.2, 0) is 17.8 Å². The summed E-state index contributed by atoms with van der Waals surface area (Å²) in [5.41, 5.74) is 4.64. The molecule has 0 spiro atoms. The molecular weight excluding hydrogens is 422 g/mol. The smallest absolute Gasteiger partial charge is 0.258 e. The number of hydrogen-bond acceptors (Lipinski definition) is 3. The Balaban J connectivity index is 1.43. The molecule has 0 unspecified atom stereocenters. The van der Waals surface area contributed by atoms with Gasteiger partial charge in [0.15, 0.2) is 0 Å². The Morgan fingerprint density at radius 2 is 1.62 bits per heavy atom. The molecule has 1 heterocycles. The van der Waals surface area contributed by atoms with Crippen LogP contribution in [0.1, 0.15) is 39.9 Å². The summed E-state index contributed by atoms with van der Waals surface area (Å²) in [5, 5.41) is 3.03. The molecule has 4 rings (SSSR count). The van der Waals surface area contributed by atoms with E-state index in [1.54, 1.807) is 4.90 Å². The van der Waals surface area contributed by atoms with Gasteiger partial charge in [0.25, 0.3) is 5.91 Å². The highest BCUT2D eigenvalue weighted by Gasteiger charge is 2.18. The van der Waals surface area contributed by atoms with Gasteiger partial charge >= 0.3 is 0 Å². The third kappa shape index (κ3) is 6.55. The maximum absolute atomic E-state index is 13.4.